The number of Topliss-reactive ketones (excluding diaryl/α,β-unsaturated/α-hetero) is 2. The quantitative estimate of drug-likeness (QED) is 0.236. The molecule has 3 rings (SSSR count). The summed E-state index contributed by atoms with van der Waals surface area (Å²) in [7, 11) is 3.54. The van der Waals surface area contributed by atoms with Crippen LogP contribution in [0.25, 0.3) is 0 Å². The van der Waals surface area contributed by atoms with Crippen LogP contribution in [0.3, 0.4) is 0 Å². The van der Waals surface area contributed by atoms with E-state index in [2.05, 4.69) is 11.9 Å². The monoisotopic (exact) mass is 660 g/mol. The van der Waals surface area contributed by atoms with Crippen LogP contribution in [0.15, 0.2) is 12.7 Å². The molecule has 0 bridgehead atoms. The van der Waals surface area contributed by atoms with Crippen molar-refractivity contribution >= 4 is 23.6 Å². The number of nitrogens with one attached hydrogen (secondary N) is 1. The number of amides is 1. The molecular formula is C32H50F2N2O10. The molecule has 0 aromatic rings. The number of aliphatic hydroxyl groups excluding tert-OH is 1. The molecular weight excluding hydrogens is 610 g/mol. The van der Waals surface area contributed by atoms with E-state index >= 15 is 8.78 Å². The van der Waals surface area contributed by atoms with Crippen LogP contribution in [0.2, 0.25) is 0 Å². The standard InChI is InChI=1S/C32H50F2N2O10/c1-11-13-42-24-16(4)22(37)17(5)26-31(8,46-30(41)35-26)21(12-2)44-29(40)32(33,34)27(39)19(7)25(18(24)6)45-28-23(38)20(36(9)10)14-15(3)43-28/h11,15-21,23-26,28,38H,1,12-14H2,2-10H3,(H,35,41)/t15-,16+,17-,18-,19-,20+,21+,23-,24+,25+,26?,28+,31-/m1/s1. The van der Waals surface area contributed by atoms with Gasteiger partial charge in [-0.15, -0.1) is 6.58 Å². The first-order valence-corrected chi connectivity index (χ1v) is 15.9. The number of cyclic esters (lactones) is 1. The molecule has 0 radical (unpaired) electrons. The summed E-state index contributed by atoms with van der Waals surface area (Å²) in [4.78, 5) is 55.0. The van der Waals surface area contributed by atoms with E-state index in [0.29, 0.717) is 6.42 Å². The lowest BCUT2D eigenvalue weighted by Gasteiger charge is -2.45. The van der Waals surface area contributed by atoms with Crippen LogP contribution in [0.5, 0.6) is 0 Å². The zero-order valence-electron chi connectivity index (χ0n) is 28.2. The van der Waals surface area contributed by atoms with Crippen molar-refractivity contribution in [1.29, 1.82) is 0 Å². The Bertz CT molecular complexity index is 1150. The van der Waals surface area contributed by atoms with Gasteiger partial charge in [-0.05, 0) is 40.8 Å². The smallest absolute Gasteiger partial charge is 0.408 e. The summed E-state index contributed by atoms with van der Waals surface area (Å²) in [6, 6.07) is -1.49. The number of ether oxygens (including phenoxy) is 5. The Hall–Kier alpha value is -2.52. The van der Waals surface area contributed by atoms with Crippen molar-refractivity contribution in [3.05, 3.63) is 12.7 Å². The van der Waals surface area contributed by atoms with Crippen molar-refractivity contribution in [2.75, 3.05) is 20.7 Å². The first-order chi connectivity index (χ1) is 21.3. The predicted octanol–water partition coefficient (Wildman–Crippen LogP) is 2.89. The molecule has 0 aromatic carbocycles. The van der Waals surface area contributed by atoms with Crippen molar-refractivity contribution in [2.45, 2.75) is 122 Å². The summed E-state index contributed by atoms with van der Waals surface area (Å²) in [5.41, 5.74) is -1.71. The van der Waals surface area contributed by atoms with Gasteiger partial charge in [-0.2, -0.15) is 8.78 Å². The van der Waals surface area contributed by atoms with Gasteiger partial charge in [-0.3, -0.25) is 9.59 Å². The van der Waals surface area contributed by atoms with Crippen LogP contribution in [-0.4, -0.2) is 115 Å². The molecule has 46 heavy (non-hydrogen) atoms. The molecule has 3 saturated heterocycles. The Labute approximate surface area is 269 Å². The van der Waals surface area contributed by atoms with E-state index in [1.165, 1.54) is 26.8 Å². The Kier molecular flexibility index (Phi) is 12.1. The Morgan fingerprint density at radius 2 is 1.70 bits per heavy atom. The maximum absolute atomic E-state index is 15.8. The zero-order chi connectivity index (χ0) is 34.9. The minimum Gasteiger partial charge on any atom is -0.453 e. The number of rotatable bonds is 7. The summed E-state index contributed by atoms with van der Waals surface area (Å²) in [5, 5.41) is 13.8. The number of likely N-dealkylation sites (N-methyl/N-ethyl adjacent to an activating group) is 1. The van der Waals surface area contributed by atoms with E-state index in [4.69, 9.17) is 23.7 Å². The largest absolute Gasteiger partial charge is 0.453 e. The first kappa shape index (κ1) is 37.9. The maximum Gasteiger partial charge on any atom is 0.408 e. The third kappa shape index (κ3) is 7.30. The summed E-state index contributed by atoms with van der Waals surface area (Å²) in [5.74, 6) is -13.4. The van der Waals surface area contributed by atoms with E-state index in [9.17, 15) is 24.3 Å². The Morgan fingerprint density at radius 1 is 1.07 bits per heavy atom. The molecule has 0 spiro atoms. The van der Waals surface area contributed by atoms with Crippen LogP contribution in [0.1, 0.15) is 61.3 Å². The number of fused-ring (bicyclic) bond motifs is 1. The minimum atomic E-state index is -4.63. The van der Waals surface area contributed by atoms with Gasteiger partial charge < -0.3 is 39.0 Å². The van der Waals surface area contributed by atoms with Crippen LogP contribution >= 0.6 is 0 Å². The molecule has 14 heteroatoms. The lowest BCUT2D eigenvalue weighted by Crippen LogP contribution is -2.60. The summed E-state index contributed by atoms with van der Waals surface area (Å²) in [6.45, 7) is 14.3. The number of alkyl carbamates (subject to hydrolysis) is 1. The van der Waals surface area contributed by atoms with Crippen molar-refractivity contribution in [3.63, 3.8) is 0 Å². The van der Waals surface area contributed by atoms with E-state index in [-0.39, 0.29) is 18.8 Å². The van der Waals surface area contributed by atoms with Gasteiger partial charge >= 0.3 is 18.0 Å². The van der Waals surface area contributed by atoms with Crippen molar-refractivity contribution < 1.29 is 56.7 Å². The highest BCUT2D eigenvalue weighted by Crippen LogP contribution is 2.40. The number of alkyl halides is 2. The number of carbonyl (C=O) groups excluding carboxylic acids is 4. The van der Waals surface area contributed by atoms with Crippen LogP contribution < -0.4 is 5.32 Å². The number of carbonyl (C=O) groups is 4. The average molecular weight is 661 g/mol. The van der Waals surface area contributed by atoms with Crippen LogP contribution in [-0.2, 0) is 38.1 Å². The predicted molar refractivity (Wildman–Crippen MR) is 161 cm³/mol. The molecule has 2 N–H and O–H groups in total. The molecule has 13 atom stereocenters. The molecule has 0 saturated carbocycles. The fraction of sp³-hybridized carbons (Fsp3) is 0.812. The zero-order valence-corrected chi connectivity index (χ0v) is 28.2. The van der Waals surface area contributed by atoms with Crippen LogP contribution in [0.4, 0.5) is 13.6 Å². The normalized spacial score (nSPS) is 42.5. The lowest BCUT2D eigenvalue weighted by atomic mass is 9.74. The second kappa shape index (κ2) is 14.7. The molecule has 0 aromatic heterocycles. The SMILES string of the molecule is C=CCO[C@@H]1[C@@H](C)[C@H](O[C@@H]2O[C@H](C)C[C@H](N(C)C)[C@H]2O)[C@@H](C)C(=O)C(F)(F)C(=O)O[C@@H](CC)[C@@]2(C)OC(=O)NC2[C@H](C)C(=O)[C@@H]1C. The average Bonchev–Trinajstić information content (AvgIpc) is 3.31. The van der Waals surface area contributed by atoms with Gasteiger partial charge in [-0.1, -0.05) is 40.7 Å². The van der Waals surface area contributed by atoms with Gasteiger partial charge in [0.1, 0.15) is 18.0 Å². The summed E-state index contributed by atoms with van der Waals surface area (Å²) < 4.78 is 60.5. The highest BCUT2D eigenvalue weighted by atomic mass is 19.3. The Balaban J connectivity index is 2.17. The van der Waals surface area contributed by atoms with E-state index in [1.807, 2.05) is 0 Å². The number of esters is 1. The van der Waals surface area contributed by atoms with E-state index in [1.54, 1.807) is 46.7 Å². The first-order valence-electron chi connectivity index (χ1n) is 15.9. The summed E-state index contributed by atoms with van der Waals surface area (Å²) >= 11 is 0. The molecule has 0 aliphatic carbocycles. The number of aliphatic hydroxyl groups is 1. The maximum atomic E-state index is 15.8. The number of ketones is 2. The van der Waals surface area contributed by atoms with Gasteiger partial charge in [0.15, 0.2) is 11.9 Å². The van der Waals surface area contributed by atoms with Gasteiger partial charge in [0.25, 0.3) is 0 Å². The number of halogens is 2. The number of hydrogen-bond acceptors (Lipinski definition) is 11. The lowest BCUT2D eigenvalue weighted by molar-refractivity contribution is -0.282. The van der Waals surface area contributed by atoms with Crippen molar-refractivity contribution in [3.8, 4) is 0 Å². The van der Waals surface area contributed by atoms with Crippen molar-refractivity contribution in [1.82, 2.24) is 10.2 Å². The molecule has 3 aliphatic heterocycles. The third-order valence-corrected chi connectivity index (χ3v) is 9.84. The van der Waals surface area contributed by atoms with Gasteiger partial charge in [0.2, 0.25) is 5.78 Å². The molecule has 3 heterocycles. The highest BCUT2D eigenvalue weighted by Gasteiger charge is 2.60. The minimum absolute atomic E-state index is 0.0280. The Morgan fingerprint density at radius 3 is 2.26 bits per heavy atom. The number of nitrogens with zero attached hydrogens (tertiary/aromatic N) is 1. The molecule has 1 unspecified atom stereocenters. The van der Waals surface area contributed by atoms with Crippen molar-refractivity contribution in [2.24, 2.45) is 23.7 Å². The third-order valence-electron chi connectivity index (χ3n) is 9.84. The topological polar surface area (TPSA) is 150 Å². The van der Waals surface area contributed by atoms with Gasteiger partial charge in [0.05, 0.1) is 31.0 Å². The number of hydrogen-bond donors (Lipinski definition) is 2. The molecule has 3 fully saturated rings. The molecule has 12 nitrogen and oxygen atoms in total. The second-order valence-electron chi connectivity index (χ2n) is 13.3. The molecule has 3 aliphatic rings. The fourth-order valence-electron chi connectivity index (χ4n) is 7.16. The highest BCUT2D eigenvalue weighted by molar-refractivity contribution is 6.06. The molecule has 262 valence electrons. The van der Waals surface area contributed by atoms with Gasteiger partial charge in [0, 0.05) is 29.7 Å². The van der Waals surface area contributed by atoms with Gasteiger partial charge in [-0.25, -0.2) is 9.59 Å². The molecule has 1 amide bonds. The van der Waals surface area contributed by atoms with E-state index < -0.39 is 102 Å². The fourth-order valence-corrected chi connectivity index (χ4v) is 7.16. The van der Waals surface area contributed by atoms with Crippen LogP contribution in [0, 0.1) is 23.7 Å². The second-order valence-corrected chi connectivity index (χ2v) is 13.3. The van der Waals surface area contributed by atoms with E-state index in [0.717, 1.165) is 0 Å². The summed E-state index contributed by atoms with van der Waals surface area (Å²) in [6.07, 6.45) is -5.89.